The van der Waals surface area contributed by atoms with Gasteiger partial charge in [-0.25, -0.2) is 0 Å². The van der Waals surface area contributed by atoms with Gasteiger partial charge in [0.25, 0.3) is 0 Å². The summed E-state index contributed by atoms with van der Waals surface area (Å²) in [6, 6.07) is 1.66. The summed E-state index contributed by atoms with van der Waals surface area (Å²) < 4.78 is 0. The van der Waals surface area contributed by atoms with E-state index in [0.29, 0.717) is 5.54 Å². The molecule has 0 aliphatic carbocycles. The van der Waals surface area contributed by atoms with Gasteiger partial charge in [0, 0.05) is 30.7 Å². The molecule has 2 aliphatic rings. The maximum atomic E-state index is 2.79. The molecule has 0 spiro atoms. The van der Waals surface area contributed by atoms with Crippen LogP contribution in [0.2, 0.25) is 0 Å². The van der Waals surface area contributed by atoms with Gasteiger partial charge in [-0.2, -0.15) is 0 Å². The Hall–Kier alpha value is -0.0800. The minimum atomic E-state index is 0.362. The van der Waals surface area contributed by atoms with E-state index in [1.807, 2.05) is 0 Å². The van der Waals surface area contributed by atoms with Gasteiger partial charge in [-0.1, -0.05) is 19.8 Å². The highest BCUT2D eigenvalue weighted by Crippen LogP contribution is 2.35. The first-order valence-corrected chi connectivity index (χ1v) is 7.53. The van der Waals surface area contributed by atoms with E-state index in [1.165, 1.54) is 51.7 Å². The molecule has 0 aromatic carbocycles. The lowest BCUT2D eigenvalue weighted by atomic mass is 10.0. The number of hydrogen-bond donors (Lipinski definition) is 0. The van der Waals surface area contributed by atoms with Gasteiger partial charge in [-0.15, -0.1) is 0 Å². The van der Waals surface area contributed by atoms with Crippen LogP contribution in [0.1, 0.15) is 59.8 Å². The largest absolute Gasteiger partial charge is 0.300 e. The first-order chi connectivity index (χ1) is 8.02. The fraction of sp³-hybridized carbons (Fsp3) is 1.00. The van der Waals surface area contributed by atoms with Crippen LogP contribution >= 0.6 is 0 Å². The minimum absolute atomic E-state index is 0.362. The highest BCUT2D eigenvalue weighted by Gasteiger charge is 2.44. The van der Waals surface area contributed by atoms with Crippen LogP contribution in [0.4, 0.5) is 0 Å². The number of likely N-dealkylation sites (tertiary alicyclic amines) is 1. The van der Waals surface area contributed by atoms with Crippen molar-refractivity contribution >= 4 is 0 Å². The second-order valence-electron chi connectivity index (χ2n) is 6.93. The lowest BCUT2D eigenvalue weighted by Crippen LogP contribution is -2.59. The summed E-state index contributed by atoms with van der Waals surface area (Å²) >= 11 is 0. The van der Waals surface area contributed by atoms with Crippen molar-refractivity contribution in [2.75, 3.05) is 19.6 Å². The highest BCUT2D eigenvalue weighted by molar-refractivity contribution is 5.00. The molecule has 0 amide bonds. The second-order valence-corrected chi connectivity index (χ2v) is 6.93. The van der Waals surface area contributed by atoms with E-state index in [0.717, 1.165) is 12.1 Å². The van der Waals surface area contributed by atoms with Crippen molar-refractivity contribution in [3.05, 3.63) is 0 Å². The number of nitrogens with zero attached hydrogens (tertiary/aromatic N) is 2. The number of piperazine rings is 1. The average molecular weight is 238 g/mol. The van der Waals surface area contributed by atoms with E-state index in [1.54, 1.807) is 0 Å². The molecule has 2 nitrogen and oxygen atoms in total. The van der Waals surface area contributed by atoms with Crippen molar-refractivity contribution < 1.29 is 0 Å². The minimum Gasteiger partial charge on any atom is -0.300 e. The van der Waals surface area contributed by atoms with Gasteiger partial charge in [-0.05, 0) is 46.6 Å². The zero-order valence-corrected chi connectivity index (χ0v) is 12.2. The molecule has 2 heteroatoms. The van der Waals surface area contributed by atoms with Crippen LogP contribution in [0.5, 0.6) is 0 Å². The fourth-order valence-electron chi connectivity index (χ4n) is 3.85. The van der Waals surface area contributed by atoms with Gasteiger partial charge in [0.15, 0.2) is 0 Å². The van der Waals surface area contributed by atoms with Crippen LogP contribution in [0.25, 0.3) is 0 Å². The molecule has 2 bridgehead atoms. The Bertz CT molecular complexity index is 230. The summed E-state index contributed by atoms with van der Waals surface area (Å²) in [5.41, 5.74) is 0.362. The maximum absolute atomic E-state index is 2.79. The van der Waals surface area contributed by atoms with Crippen molar-refractivity contribution in [3.63, 3.8) is 0 Å². The number of rotatable bonds is 4. The third-order valence-corrected chi connectivity index (χ3v) is 4.41. The van der Waals surface area contributed by atoms with E-state index < -0.39 is 0 Å². The van der Waals surface area contributed by atoms with Gasteiger partial charge in [-0.3, -0.25) is 4.90 Å². The van der Waals surface area contributed by atoms with Crippen LogP contribution in [-0.4, -0.2) is 47.1 Å². The van der Waals surface area contributed by atoms with Crippen molar-refractivity contribution in [2.45, 2.75) is 77.4 Å². The average Bonchev–Trinajstić information content (AvgIpc) is 2.52. The van der Waals surface area contributed by atoms with Crippen molar-refractivity contribution in [1.82, 2.24) is 9.80 Å². The topological polar surface area (TPSA) is 6.48 Å². The maximum Gasteiger partial charge on any atom is 0.0232 e. The summed E-state index contributed by atoms with van der Waals surface area (Å²) in [7, 11) is 0. The lowest BCUT2D eigenvalue weighted by molar-refractivity contribution is 0.00196. The molecular weight excluding hydrogens is 208 g/mol. The monoisotopic (exact) mass is 238 g/mol. The molecule has 2 heterocycles. The first kappa shape index (κ1) is 13.4. The summed E-state index contributed by atoms with van der Waals surface area (Å²) in [5, 5.41) is 0. The fourth-order valence-corrected chi connectivity index (χ4v) is 3.85. The Balaban J connectivity index is 1.88. The lowest BCUT2D eigenvalue weighted by Gasteiger charge is -2.48. The van der Waals surface area contributed by atoms with Gasteiger partial charge >= 0.3 is 0 Å². The molecule has 0 aromatic rings. The zero-order valence-electron chi connectivity index (χ0n) is 12.2. The van der Waals surface area contributed by atoms with Gasteiger partial charge in [0.05, 0.1) is 0 Å². The van der Waals surface area contributed by atoms with Crippen LogP contribution in [0.3, 0.4) is 0 Å². The van der Waals surface area contributed by atoms with Crippen LogP contribution < -0.4 is 0 Å². The predicted octanol–water partition coefficient (Wildman–Crippen LogP) is 3.12. The summed E-state index contributed by atoms with van der Waals surface area (Å²) in [6.45, 7) is 13.4. The van der Waals surface area contributed by atoms with Gasteiger partial charge in [0.2, 0.25) is 0 Å². The number of unbranched alkanes of at least 4 members (excludes halogenated alkanes) is 2. The van der Waals surface area contributed by atoms with E-state index in [9.17, 15) is 0 Å². The van der Waals surface area contributed by atoms with Gasteiger partial charge in [0.1, 0.15) is 0 Å². The predicted molar refractivity (Wildman–Crippen MR) is 74.4 cm³/mol. The molecule has 0 N–H and O–H groups in total. The normalized spacial score (nSPS) is 31.1. The van der Waals surface area contributed by atoms with E-state index in [4.69, 9.17) is 0 Å². The summed E-state index contributed by atoms with van der Waals surface area (Å²) in [5.74, 6) is 0. The van der Waals surface area contributed by atoms with Crippen LogP contribution in [-0.2, 0) is 0 Å². The van der Waals surface area contributed by atoms with E-state index >= 15 is 0 Å². The quantitative estimate of drug-likeness (QED) is 0.694. The molecule has 2 rings (SSSR count). The Labute approximate surface area is 107 Å². The Kier molecular flexibility index (Phi) is 4.14. The van der Waals surface area contributed by atoms with Crippen molar-refractivity contribution in [2.24, 2.45) is 0 Å². The molecule has 0 radical (unpaired) electrons. The molecule has 2 atom stereocenters. The molecule has 2 unspecified atom stereocenters. The Morgan fingerprint density at radius 3 is 2.06 bits per heavy atom. The molecule has 2 aliphatic heterocycles. The van der Waals surface area contributed by atoms with Gasteiger partial charge < -0.3 is 4.90 Å². The second kappa shape index (κ2) is 5.27. The highest BCUT2D eigenvalue weighted by atomic mass is 15.4. The molecule has 2 fully saturated rings. The molecule has 100 valence electrons. The smallest absolute Gasteiger partial charge is 0.0232 e. The Morgan fingerprint density at radius 1 is 1.00 bits per heavy atom. The van der Waals surface area contributed by atoms with E-state index in [2.05, 4.69) is 37.5 Å². The SMILES string of the molecule is CCCCCN1CC2CCC(C1)N2C(C)(C)C. The number of fused-ring (bicyclic) bond motifs is 2. The molecular formula is C15H30N2. The zero-order chi connectivity index (χ0) is 12.5. The van der Waals surface area contributed by atoms with E-state index in [-0.39, 0.29) is 0 Å². The van der Waals surface area contributed by atoms with Crippen molar-refractivity contribution in [1.29, 1.82) is 0 Å². The molecule has 17 heavy (non-hydrogen) atoms. The summed E-state index contributed by atoms with van der Waals surface area (Å²) in [6.07, 6.45) is 6.98. The first-order valence-electron chi connectivity index (χ1n) is 7.53. The molecule has 0 saturated carbocycles. The van der Waals surface area contributed by atoms with Crippen LogP contribution in [0.15, 0.2) is 0 Å². The molecule has 0 aromatic heterocycles. The molecule has 2 saturated heterocycles. The number of hydrogen-bond acceptors (Lipinski definition) is 2. The standard InChI is InChI=1S/C15H30N2/c1-5-6-7-10-16-11-13-8-9-14(12-16)17(13)15(2,3)4/h13-14H,5-12H2,1-4H3. The Morgan fingerprint density at radius 2 is 1.59 bits per heavy atom. The van der Waals surface area contributed by atoms with Crippen LogP contribution in [0, 0.1) is 0 Å². The third kappa shape index (κ3) is 3.03. The van der Waals surface area contributed by atoms with Crippen molar-refractivity contribution in [3.8, 4) is 0 Å². The third-order valence-electron chi connectivity index (χ3n) is 4.41. The summed E-state index contributed by atoms with van der Waals surface area (Å²) in [4.78, 5) is 5.52.